The van der Waals surface area contributed by atoms with Gasteiger partial charge in [0, 0.05) is 17.8 Å². The number of benzene rings is 2. The Morgan fingerprint density at radius 3 is 2.56 bits per heavy atom. The highest BCUT2D eigenvalue weighted by Gasteiger charge is 2.34. The van der Waals surface area contributed by atoms with Crippen molar-refractivity contribution in [3.8, 4) is 5.69 Å². The predicted octanol–water partition coefficient (Wildman–Crippen LogP) is 3.03. The van der Waals surface area contributed by atoms with Crippen molar-refractivity contribution < 1.29 is 4.79 Å². The van der Waals surface area contributed by atoms with E-state index in [0.29, 0.717) is 12.1 Å². The molecule has 3 aromatic rings. The van der Waals surface area contributed by atoms with Crippen LogP contribution in [0.2, 0.25) is 0 Å². The zero-order valence-electron chi connectivity index (χ0n) is 14.1. The van der Waals surface area contributed by atoms with Gasteiger partial charge >= 0.3 is 0 Å². The molecule has 5 nitrogen and oxygen atoms in total. The van der Waals surface area contributed by atoms with Crippen molar-refractivity contribution >= 4 is 16.9 Å². The van der Waals surface area contributed by atoms with Crippen LogP contribution in [-0.2, 0) is 0 Å². The van der Waals surface area contributed by atoms with Crippen LogP contribution in [-0.4, -0.2) is 27.5 Å². The van der Waals surface area contributed by atoms with E-state index < -0.39 is 0 Å². The van der Waals surface area contributed by atoms with Crippen LogP contribution in [0.5, 0.6) is 0 Å². The highest BCUT2D eigenvalue weighted by Crippen LogP contribution is 2.29. The number of amides is 1. The summed E-state index contributed by atoms with van der Waals surface area (Å²) < 4.78 is 2.02. The molecular weight excluding hydrogens is 312 g/mol. The molecule has 4 rings (SSSR count). The molecule has 0 saturated heterocycles. The first-order chi connectivity index (χ1) is 12.2. The summed E-state index contributed by atoms with van der Waals surface area (Å²) in [6, 6.07) is 15.6. The molecular formula is C20H22N4O. The van der Waals surface area contributed by atoms with Gasteiger partial charge in [-0.2, -0.15) is 0 Å². The topological polar surface area (TPSA) is 72.9 Å². The summed E-state index contributed by atoms with van der Waals surface area (Å²) >= 11 is 0. The van der Waals surface area contributed by atoms with E-state index in [0.717, 1.165) is 42.4 Å². The maximum Gasteiger partial charge on any atom is 0.251 e. The number of rotatable bonds is 4. The zero-order chi connectivity index (χ0) is 17.3. The number of nitrogens with two attached hydrogens (primary N) is 1. The van der Waals surface area contributed by atoms with Gasteiger partial charge in [-0.05, 0) is 49.2 Å². The first kappa shape index (κ1) is 15.8. The van der Waals surface area contributed by atoms with E-state index in [4.69, 9.17) is 5.73 Å². The van der Waals surface area contributed by atoms with Gasteiger partial charge in [0.25, 0.3) is 5.91 Å². The van der Waals surface area contributed by atoms with Crippen LogP contribution in [0.15, 0.2) is 54.9 Å². The lowest BCUT2D eigenvalue weighted by atomic mass is 9.97. The third kappa shape index (κ3) is 2.91. The van der Waals surface area contributed by atoms with E-state index >= 15 is 0 Å². The van der Waals surface area contributed by atoms with Crippen molar-refractivity contribution in [1.29, 1.82) is 0 Å². The van der Waals surface area contributed by atoms with E-state index in [9.17, 15) is 4.79 Å². The van der Waals surface area contributed by atoms with Gasteiger partial charge in [-0.3, -0.25) is 9.36 Å². The van der Waals surface area contributed by atoms with Gasteiger partial charge in [-0.25, -0.2) is 4.98 Å². The van der Waals surface area contributed by atoms with Crippen LogP contribution in [0.1, 0.15) is 36.0 Å². The molecule has 1 amide bonds. The molecule has 3 N–H and O–H groups in total. The fourth-order valence-corrected chi connectivity index (χ4v) is 3.68. The summed E-state index contributed by atoms with van der Waals surface area (Å²) in [5, 5.41) is 3.16. The normalized spacial score (nSPS) is 16.2. The number of nitrogens with zero attached hydrogens (tertiary/aromatic N) is 2. The largest absolute Gasteiger partial charge is 0.345 e. The third-order valence-corrected chi connectivity index (χ3v) is 5.19. The minimum atomic E-state index is -0.226. The molecule has 1 heterocycles. The molecule has 5 heteroatoms. The average molecular weight is 334 g/mol. The standard InChI is InChI=1S/C20H22N4O/c21-13-20(11-3-4-12-20)23-19(25)15-7-9-16(10-8-15)24-14-22-17-5-1-2-6-18(17)24/h1-2,5-10,14H,3-4,11-13,21H2,(H,23,25). The van der Waals surface area contributed by atoms with Gasteiger partial charge in [-0.15, -0.1) is 0 Å². The van der Waals surface area contributed by atoms with E-state index in [1.807, 2.05) is 59.4 Å². The molecule has 0 unspecified atom stereocenters. The minimum absolute atomic E-state index is 0.0469. The monoisotopic (exact) mass is 334 g/mol. The summed E-state index contributed by atoms with van der Waals surface area (Å²) in [6.45, 7) is 0.498. The number of carbonyl (C=O) groups excluding carboxylic acids is 1. The number of aromatic nitrogens is 2. The van der Waals surface area contributed by atoms with Crippen molar-refractivity contribution in [1.82, 2.24) is 14.9 Å². The quantitative estimate of drug-likeness (QED) is 0.770. The second-order valence-electron chi connectivity index (χ2n) is 6.80. The van der Waals surface area contributed by atoms with Crippen LogP contribution in [0.25, 0.3) is 16.7 Å². The minimum Gasteiger partial charge on any atom is -0.345 e. The van der Waals surface area contributed by atoms with E-state index in [2.05, 4.69) is 10.3 Å². The van der Waals surface area contributed by atoms with Crippen molar-refractivity contribution in [3.63, 3.8) is 0 Å². The molecule has 1 saturated carbocycles. The second-order valence-corrected chi connectivity index (χ2v) is 6.80. The molecule has 2 aromatic carbocycles. The lowest BCUT2D eigenvalue weighted by Crippen LogP contribution is -2.51. The van der Waals surface area contributed by atoms with Gasteiger partial charge in [0.2, 0.25) is 0 Å². The molecule has 0 spiro atoms. The zero-order valence-corrected chi connectivity index (χ0v) is 14.1. The molecule has 1 fully saturated rings. The molecule has 128 valence electrons. The molecule has 25 heavy (non-hydrogen) atoms. The molecule has 0 atom stereocenters. The number of imidazole rings is 1. The van der Waals surface area contributed by atoms with Gasteiger partial charge in [0.05, 0.1) is 16.6 Å². The Kier molecular flexibility index (Phi) is 4.01. The first-order valence-electron chi connectivity index (χ1n) is 8.76. The summed E-state index contributed by atoms with van der Waals surface area (Å²) in [5.74, 6) is -0.0469. The van der Waals surface area contributed by atoms with E-state index in [-0.39, 0.29) is 11.4 Å². The van der Waals surface area contributed by atoms with Crippen molar-refractivity contribution in [3.05, 3.63) is 60.4 Å². The van der Waals surface area contributed by atoms with Crippen LogP contribution < -0.4 is 11.1 Å². The highest BCUT2D eigenvalue weighted by atomic mass is 16.1. The summed E-state index contributed by atoms with van der Waals surface area (Å²) in [7, 11) is 0. The van der Waals surface area contributed by atoms with Crippen molar-refractivity contribution in [2.75, 3.05) is 6.54 Å². The number of carbonyl (C=O) groups is 1. The molecule has 1 aliphatic carbocycles. The average Bonchev–Trinajstić information content (AvgIpc) is 3.29. The lowest BCUT2D eigenvalue weighted by molar-refractivity contribution is 0.0903. The fraction of sp³-hybridized carbons (Fsp3) is 0.300. The Morgan fingerprint density at radius 2 is 1.84 bits per heavy atom. The Morgan fingerprint density at radius 1 is 1.12 bits per heavy atom. The fourth-order valence-electron chi connectivity index (χ4n) is 3.68. The number of para-hydroxylation sites is 2. The Bertz CT molecular complexity index is 891. The molecule has 1 aliphatic rings. The van der Waals surface area contributed by atoms with Crippen molar-refractivity contribution in [2.45, 2.75) is 31.2 Å². The number of nitrogens with one attached hydrogen (secondary N) is 1. The smallest absolute Gasteiger partial charge is 0.251 e. The Hall–Kier alpha value is -2.66. The van der Waals surface area contributed by atoms with Gasteiger partial charge in [0.15, 0.2) is 0 Å². The molecule has 1 aromatic heterocycles. The summed E-state index contributed by atoms with van der Waals surface area (Å²) in [4.78, 5) is 17.0. The number of fused-ring (bicyclic) bond motifs is 1. The SMILES string of the molecule is NCC1(NC(=O)c2ccc(-n3cnc4ccccc43)cc2)CCCC1. The van der Waals surface area contributed by atoms with Crippen LogP contribution in [0.4, 0.5) is 0 Å². The van der Waals surface area contributed by atoms with Crippen molar-refractivity contribution in [2.24, 2.45) is 5.73 Å². The van der Waals surface area contributed by atoms with Gasteiger partial charge in [-0.1, -0.05) is 25.0 Å². The maximum absolute atomic E-state index is 12.6. The van der Waals surface area contributed by atoms with Crippen LogP contribution in [0.3, 0.4) is 0 Å². The predicted molar refractivity (Wildman–Crippen MR) is 98.8 cm³/mol. The van der Waals surface area contributed by atoms with Crippen LogP contribution >= 0.6 is 0 Å². The summed E-state index contributed by atoms with van der Waals surface area (Å²) in [5.41, 5.74) is 9.33. The van der Waals surface area contributed by atoms with E-state index in [1.54, 1.807) is 0 Å². The molecule has 0 aliphatic heterocycles. The first-order valence-corrected chi connectivity index (χ1v) is 8.76. The van der Waals surface area contributed by atoms with Crippen LogP contribution in [0, 0.1) is 0 Å². The number of hydrogen-bond acceptors (Lipinski definition) is 3. The van der Waals surface area contributed by atoms with Gasteiger partial charge < -0.3 is 11.1 Å². The second kappa shape index (κ2) is 6.33. The van der Waals surface area contributed by atoms with Gasteiger partial charge in [0.1, 0.15) is 6.33 Å². The Labute approximate surface area is 146 Å². The van der Waals surface area contributed by atoms with E-state index in [1.165, 1.54) is 0 Å². The maximum atomic E-state index is 12.6. The highest BCUT2D eigenvalue weighted by molar-refractivity contribution is 5.95. The Balaban J connectivity index is 1.56. The summed E-state index contributed by atoms with van der Waals surface area (Å²) in [6.07, 6.45) is 6.00. The third-order valence-electron chi connectivity index (χ3n) is 5.19. The number of hydrogen-bond donors (Lipinski definition) is 2. The molecule has 0 bridgehead atoms. The lowest BCUT2D eigenvalue weighted by Gasteiger charge is -2.28. The molecule has 0 radical (unpaired) electrons.